The quantitative estimate of drug-likeness (QED) is 0.747. The SMILES string of the molecule is Cc1ccccc1CN1CCN(Cc2cn[nH]c2-c2cccc(F)c2)CC1. The van der Waals surface area contributed by atoms with Crippen molar-refractivity contribution in [2.45, 2.75) is 20.0 Å². The Morgan fingerprint density at radius 2 is 1.63 bits per heavy atom. The van der Waals surface area contributed by atoms with Gasteiger partial charge in [0.1, 0.15) is 5.82 Å². The van der Waals surface area contributed by atoms with Crippen molar-refractivity contribution in [1.29, 1.82) is 0 Å². The number of hydrogen-bond acceptors (Lipinski definition) is 3. The van der Waals surface area contributed by atoms with Crippen molar-refractivity contribution in [3.63, 3.8) is 0 Å². The highest BCUT2D eigenvalue weighted by molar-refractivity contribution is 5.62. The van der Waals surface area contributed by atoms with Crippen LogP contribution in [-0.4, -0.2) is 46.2 Å². The Hall–Kier alpha value is -2.50. The number of nitrogens with one attached hydrogen (secondary N) is 1. The molecule has 0 amide bonds. The molecule has 1 aromatic heterocycles. The number of H-pyrrole nitrogens is 1. The lowest BCUT2D eigenvalue weighted by Crippen LogP contribution is -2.45. The first kappa shape index (κ1) is 17.9. The van der Waals surface area contributed by atoms with Crippen molar-refractivity contribution < 1.29 is 4.39 Å². The van der Waals surface area contributed by atoms with Crippen molar-refractivity contribution in [2.24, 2.45) is 0 Å². The third-order valence-electron chi connectivity index (χ3n) is 5.35. The van der Waals surface area contributed by atoms with Crippen LogP contribution in [0.1, 0.15) is 16.7 Å². The van der Waals surface area contributed by atoms with Crippen LogP contribution in [0.5, 0.6) is 0 Å². The molecule has 0 unspecified atom stereocenters. The molecule has 1 aliphatic heterocycles. The zero-order valence-electron chi connectivity index (χ0n) is 15.7. The maximum Gasteiger partial charge on any atom is 0.123 e. The summed E-state index contributed by atoms with van der Waals surface area (Å²) in [6.45, 7) is 8.20. The van der Waals surface area contributed by atoms with Gasteiger partial charge in [0, 0.05) is 50.4 Å². The van der Waals surface area contributed by atoms with Gasteiger partial charge in [-0.15, -0.1) is 0 Å². The van der Waals surface area contributed by atoms with Crippen molar-refractivity contribution in [3.8, 4) is 11.3 Å². The second-order valence-electron chi connectivity index (χ2n) is 7.26. The highest BCUT2D eigenvalue weighted by Crippen LogP contribution is 2.23. The van der Waals surface area contributed by atoms with E-state index >= 15 is 0 Å². The second-order valence-corrected chi connectivity index (χ2v) is 7.26. The van der Waals surface area contributed by atoms with E-state index in [4.69, 9.17) is 0 Å². The number of piperazine rings is 1. The van der Waals surface area contributed by atoms with Crippen molar-refractivity contribution in [1.82, 2.24) is 20.0 Å². The molecule has 0 bridgehead atoms. The van der Waals surface area contributed by atoms with Gasteiger partial charge in [-0.3, -0.25) is 14.9 Å². The van der Waals surface area contributed by atoms with Gasteiger partial charge in [0.15, 0.2) is 0 Å². The van der Waals surface area contributed by atoms with Gasteiger partial charge in [-0.25, -0.2) is 4.39 Å². The number of benzene rings is 2. The standard InChI is InChI=1S/C22H25FN4/c1-17-5-2-3-6-19(17)15-26-9-11-27(12-10-26)16-20-14-24-25-22(20)18-7-4-8-21(23)13-18/h2-8,13-14H,9-12,15-16H2,1H3,(H,24,25). The number of halogens is 1. The lowest BCUT2D eigenvalue weighted by atomic mass is 10.1. The molecule has 0 aliphatic carbocycles. The third kappa shape index (κ3) is 4.26. The van der Waals surface area contributed by atoms with Crippen LogP contribution in [0.25, 0.3) is 11.3 Å². The Bertz CT molecular complexity index is 897. The molecule has 2 heterocycles. The van der Waals surface area contributed by atoms with Crippen molar-refractivity contribution in [3.05, 3.63) is 77.2 Å². The summed E-state index contributed by atoms with van der Waals surface area (Å²) in [5.74, 6) is -0.224. The Kier molecular flexibility index (Phi) is 5.32. The van der Waals surface area contributed by atoms with Gasteiger partial charge in [-0.1, -0.05) is 36.4 Å². The molecule has 2 aromatic carbocycles. The highest BCUT2D eigenvalue weighted by Gasteiger charge is 2.19. The van der Waals surface area contributed by atoms with E-state index in [1.807, 2.05) is 12.3 Å². The monoisotopic (exact) mass is 364 g/mol. The average molecular weight is 364 g/mol. The van der Waals surface area contributed by atoms with Crippen LogP contribution >= 0.6 is 0 Å². The molecule has 3 aromatic rings. The Balaban J connectivity index is 1.36. The van der Waals surface area contributed by atoms with Crippen LogP contribution < -0.4 is 0 Å². The number of hydrogen-bond donors (Lipinski definition) is 1. The molecule has 4 nitrogen and oxygen atoms in total. The summed E-state index contributed by atoms with van der Waals surface area (Å²) in [5.41, 5.74) is 5.65. The van der Waals surface area contributed by atoms with Crippen LogP contribution in [0.3, 0.4) is 0 Å². The molecule has 0 saturated carbocycles. The van der Waals surface area contributed by atoms with E-state index in [2.05, 4.69) is 51.2 Å². The summed E-state index contributed by atoms with van der Waals surface area (Å²) in [6, 6.07) is 15.3. The minimum Gasteiger partial charge on any atom is -0.297 e. The first-order valence-corrected chi connectivity index (χ1v) is 9.46. The van der Waals surface area contributed by atoms with E-state index in [9.17, 15) is 4.39 Å². The predicted octanol–water partition coefficient (Wildman–Crippen LogP) is 3.84. The van der Waals surface area contributed by atoms with E-state index in [-0.39, 0.29) is 5.82 Å². The lowest BCUT2D eigenvalue weighted by Gasteiger charge is -2.35. The van der Waals surface area contributed by atoms with Gasteiger partial charge in [-0.05, 0) is 30.2 Å². The van der Waals surface area contributed by atoms with Crippen LogP contribution in [0.15, 0.2) is 54.7 Å². The fraction of sp³-hybridized carbons (Fsp3) is 0.318. The zero-order valence-corrected chi connectivity index (χ0v) is 15.7. The smallest absolute Gasteiger partial charge is 0.123 e. The van der Waals surface area contributed by atoms with Crippen molar-refractivity contribution in [2.75, 3.05) is 26.2 Å². The molecule has 140 valence electrons. The molecule has 0 radical (unpaired) electrons. The first-order chi connectivity index (χ1) is 13.2. The molecule has 0 spiro atoms. The number of nitrogens with zero attached hydrogens (tertiary/aromatic N) is 3. The average Bonchev–Trinajstić information content (AvgIpc) is 3.13. The first-order valence-electron chi connectivity index (χ1n) is 9.46. The molecule has 1 aliphatic rings. The van der Waals surface area contributed by atoms with Gasteiger partial charge in [-0.2, -0.15) is 5.10 Å². The molecule has 5 heteroatoms. The lowest BCUT2D eigenvalue weighted by molar-refractivity contribution is 0.122. The highest BCUT2D eigenvalue weighted by atomic mass is 19.1. The largest absolute Gasteiger partial charge is 0.297 e. The summed E-state index contributed by atoms with van der Waals surface area (Å²) in [4.78, 5) is 4.96. The minimum absolute atomic E-state index is 0.224. The predicted molar refractivity (Wildman–Crippen MR) is 106 cm³/mol. The molecule has 27 heavy (non-hydrogen) atoms. The fourth-order valence-electron chi connectivity index (χ4n) is 3.70. The van der Waals surface area contributed by atoms with E-state index < -0.39 is 0 Å². The van der Waals surface area contributed by atoms with E-state index in [0.717, 1.165) is 56.1 Å². The van der Waals surface area contributed by atoms with E-state index in [1.54, 1.807) is 12.1 Å². The number of aryl methyl sites for hydroxylation is 1. The van der Waals surface area contributed by atoms with E-state index in [0.29, 0.717) is 0 Å². The number of aromatic amines is 1. The molecule has 4 rings (SSSR count). The Morgan fingerprint density at radius 1 is 0.926 bits per heavy atom. The molecule has 1 saturated heterocycles. The Labute approximate surface area is 159 Å². The maximum absolute atomic E-state index is 13.5. The van der Waals surface area contributed by atoms with Gasteiger partial charge in [0.05, 0.1) is 11.9 Å². The van der Waals surface area contributed by atoms with Gasteiger partial charge in [0.2, 0.25) is 0 Å². The molecule has 1 fully saturated rings. The maximum atomic E-state index is 13.5. The van der Waals surface area contributed by atoms with Gasteiger partial charge >= 0.3 is 0 Å². The molecular weight excluding hydrogens is 339 g/mol. The minimum atomic E-state index is -0.224. The third-order valence-corrected chi connectivity index (χ3v) is 5.35. The van der Waals surface area contributed by atoms with Crippen LogP contribution in [0.4, 0.5) is 4.39 Å². The van der Waals surface area contributed by atoms with Crippen LogP contribution in [0, 0.1) is 12.7 Å². The molecule has 0 atom stereocenters. The normalized spacial score (nSPS) is 15.9. The summed E-state index contributed by atoms with van der Waals surface area (Å²) >= 11 is 0. The molecule has 1 N–H and O–H groups in total. The fourth-order valence-corrected chi connectivity index (χ4v) is 3.70. The Morgan fingerprint density at radius 3 is 2.33 bits per heavy atom. The van der Waals surface area contributed by atoms with Crippen LogP contribution in [0.2, 0.25) is 0 Å². The summed E-state index contributed by atoms with van der Waals surface area (Å²) in [5, 5.41) is 7.22. The second kappa shape index (κ2) is 8.03. The van der Waals surface area contributed by atoms with Crippen molar-refractivity contribution >= 4 is 0 Å². The van der Waals surface area contributed by atoms with E-state index in [1.165, 1.54) is 17.2 Å². The van der Waals surface area contributed by atoms with Crippen LogP contribution in [-0.2, 0) is 13.1 Å². The summed E-state index contributed by atoms with van der Waals surface area (Å²) in [6.07, 6.45) is 1.86. The molecular formula is C22H25FN4. The summed E-state index contributed by atoms with van der Waals surface area (Å²) < 4.78 is 13.5. The number of rotatable bonds is 5. The topological polar surface area (TPSA) is 35.2 Å². The zero-order chi connectivity index (χ0) is 18.6. The van der Waals surface area contributed by atoms with Gasteiger partial charge in [0.25, 0.3) is 0 Å². The summed E-state index contributed by atoms with van der Waals surface area (Å²) in [7, 11) is 0. The number of aromatic nitrogens is 2. The van der Waals surface area contributed by atoms with Gasteiger partial charge < -0.3 is 0 Å².